The molecule has 14 rings (SSSR count). The highest BCUT2D eigenvalue weighted by atomic mass is 32.3. The SMILES string of the molecule is CCCCSC1=C(SCCCC)SC(=C2SC(SCCC#N)=C(SCc3ccc(CSC4=C(SCCC#N)SC(=C5SC(SCCCC)=C(SCCCC)S5)S4)c4c3C3c5ccccc5C4c4c(CSC5=C(SCCC#N)SC(=C6SC(SCCCC)=C(SCCCC)S6)S5)ccc(CSC5=C(SCCC#N)SC(=C6SC(SCCCC)=C(SCCCC)S6)S5)c43)S2)S1. The Hall–Kier alpha value is 3.70. The highest BCUT2D eigenvalue weighted by Gasteiger charge is 2.47. The first-order valence-electron chi connectivity index (χ1n) is 43.7. The number of hydrogen-bond donors (Lipinski definition) is 0. The molecule has 3 aromatic carbocycles. The second kappa shape index (κ2) is 59.8. The molecule has 0 N–H and O–H groups in total. The van der Waals surface area contributed by atoms with Crippen LogP contribution in [0.3, 0.4) is 0 Å². The molecule has 3 aliphatic carbocycles. The molecular formula is C92H106N4S32. The monoisotopic (exact) mass is 2290 g/mol. The van der Waals surface area contributed by atoms with E-state index in [0.717, 1.165) is 92.0 Å². The fraction of sp³-hybridized carbons (Fsp3) is 0.500. The summed E-state index contributed by atoms with van der Waals surface area (Å²) in [5, 5.41) is 40.3. The first-order valence-corrected chi connectivity index (χ1v) is 72.5. The van der Waals surface area contributed by atoms with E-state index in [9.17, 15) is 21.0 Å². The molecule has 0 saturated heterocycles. The van der Waals surface area contributed by atoms with E-state index in [1.807, 2.05) is 282 Å². The molecule has 8 aliphatic heterocycles. The summed E-state index contributed by atoms with van der Waals surface area (Å²) >= 11 is 64.1. The standard InChI is InChI=1S/C92H106N4S32/c1-9-17-41-97-69-70(98-42-18-10-2)114-85(113-69)89-121-77(105-49-27-37-93)81(125-89)109-53-57-33-34-58(54-110-82-78(106-50-28-38-94)122-90(126-82)86-115-71(99-43-19-11-3)72(116-86)100-44-20-12-4)64-63(57)67-61-31-25-26-32-62(61)68(64)66-60(56-112-84-80(108-52-30-40-96)124-92(128-84)88-119-75(103-47-23-15-7)76(120-88)104-48-24-16-8)36-35-59(65(66)67)55-111-83-79(107-51-29-39-95)123-91(127-83)87-117-73(101-45-21-13-5)74(118-87)102-46-22-14-6/h25-26,31-36,67-68H,9-24,27-30,41-56H2,1-8H3. The van der Waals surface area contributed by atoms with Crippen LogP contribution in [0.1, 0.15) is 251 Å². The normalized spacial score (nSPS) is 18.6. The largest absolute Gasteiger partial charge is 0.198 e. The lowest BCUT2D eigenvalue weighted by Gasteiger charge is -2.46. The Kier molecular flexibility index (Phi) is 50.9. The van der Waals surface area contributed by atoms with Crippen LogP contribution < -0.4 is 0 Å². The molecule has 0 fully saturated rings. The van der Waals surface area contributed by atoms with Crippen molar-refractivity contribution >= 4 is 376 Å². The Balaban J connectivity index is 0.928. The highest BCUT2D eigenvalue weighted by molar-refractivity contribution is 8.49. The molecule has 0 unspecified atom stereocenters. The Morgan fingerprint density at radius 1 is 0.211 bits per heavy atom. The van der Waals surface area contributed by atoms with Crippen LogP contribution in [-0.4, -0.2) is 69.0 Å². The van der Waals surface area contributed by atoms with Crippen LogP contribution in [0.4, 0.5) is 0 Å². The first kappa shape index (κ1) is 109. The minimum Gasteiger partial charge on any atom is -0.198 e. The van der Waals surface area contributed by atoms with Crippen LogP contribution in [-0.2, 0) is 23.0 Å². The van der Waals surface area contributed by atoms with Crippen molar-refractivity contribution in [3.8, 4) is 24.3 Å². The molecule has 0 amide bonds. The summed E-state index contributed by atoms with van der Waals surface area (Å²) in [5.74, 6) is 15.4. The van der Waals surface area contributed by atoms with Gasteiger partial charge in [-0.2, -0.15) is 21.0 Å². The zero-order valence-corrected chi connectivity index (χ0v) is 99.2. The van der Waals surface area contributed by atoms with Gasteiger partial charge in [0, 0.05) is 83.5 Å². The van der Waals surface area contributed by atoms with E-state index in [1.165, 1.54) is 260 Å². The first-order chi connectivity index (χ1) is 63.0. The lowest BCUT2D eigenvalue weighted by molar-refractivity contribution is 0.729. The maximum atomic E-state index is 10.1. The van der Waals surface area contributed by atoms with Gasteiger partial charge in [-0.25, -0.2) is 0 Å². The average Bonchev–Trinajstić information content (AvgIpc) is 0.939. The van der Waals surface area contributed by atoms with Crippen LogP contribution in [0, 0.1) is 45.3 Å². The third-order valence-corrected chi connectivity index (χ3v) is 66.9. The van der Waals surface area contributed by atoms with E-state index >= 15 is 0 Å². The molecule has 36 heteroatoms. The fourth-order valence-electron chi connectivity index (χ4n) is 13.3. The molecule has 0 spiro atoms. The minimum absolute atomic E-state index is 0.0384. The number of nitrogens with zero attached hydrogens (tertiary/aromatic N) is 4. The van der Waals surface area contributed by atoms with Crippen molar-refractivity contribution in [3.05, 3.63) is 206 Å². The van der Waals surface area contributed by atoms with Gasteiger partial charge in [-0.1, -0.05) is 343 Å². The molecule has 0 saturated carbocycles. The quantitative estimate of drug-likeness (QED) is 0.0345. The highest BCUT2D eigenvalue weighted by Crippen LogP contribution is 2.73. The lowest BCUT2D eigenvalue weighted by atomic mass is 9.58. The molecule has 128 heavy (non-hydrogen) atoms. The van der Waals surface area contributed by atoms with Crippen LogP contribution >= 0.6 is 376 Å². The van der Waals surface area contributed by atoms with E-state index in [1.54, 1.807) is 0 Å². The maximum absolute atomic E-state index is 10.1. The van der Waals surface area contributed by atoms with Gasteiger partial charge in [-0.3, -0.25) is 0 Å². The summed E-state index contributed by atoms with van der Waals surface area (Å²) < 4.78 is 33.9. The molecule has 2 bridgehead atoms. The van der Waals surface area contributed by atoms with Gasteiger partial charge >= 0.3 is 0 Å². The minimum atomic E-state index is -0.0384. The Morgan fingerprint density at radius 2 is 0.359 bits per heavy atom. The number of nitriles is 4. The Morgan fingerprint density at radius 3 is 0.508 bits per heavy atom. The zero-order valence-electron chi connectivity index (χ0n) is 73.1. The van der Waals surface area contributed by atoms with Crippen LogP contribution in [0.25, 0.3) is 0 Å². The van der Waals surface area contributed by atoms with Gasteiger partial charge in [0.1, 0.15) is 0 Å². The molecule has 4 nitrogen and oxygen atoms in total. The van der Waals surface area contributed by atoms with E-state index in [4.69, 9.17) is 0 Å². The smallest absolute Gasteiger partial charge is 0.0717 e. The van der Waals surface area contributed by atoms with Crippen LogP contribution in [0.15, 0.2) is 150 Å². The van der Waals surface area contributed by atoms with Crippen molar-refractivity contribution in [1.29, 1.82) is 21.0 Å². The summed E-state index contributed by atoms with van der Waals surface area (Å²) in [6, 6.07) is 29.9. The van der Waals surface area contributed by atoms with E-state index in [2.05, 4.69) is 222 Å². The Bertz CT molecular complexity index is 4330. The zero-order chi connectivity index (χ0) is 89.4. The van der Waals surface area contributed by atoms with Gasteiger partial charge in [-0.15, -0.1) is 188 Å². The van der Waals surface area contributed by atoms with Crippen molar-refractivity contribution in [3.63, 3.8) is 0 Å². The van der Waals surface area contributed by atoms with E-state index in [-0.39, 0.29) is 11.8 Å². The second-order valence-electron chi connectivity index (χ2n) is 29.2. The van der Waals surface area contributed by atoms with Gasteiger partial charge < -0.3 is 0 Å². The average molecular weight is 2290 g/mol. The molecule has 8 heterocycles. The molecule has 0 atom stereocenters. The summed E-state index contributed by atoms with van der Waals surface area (Å²) in [5.41, 5.74) is 14.5. The molecular weight excluding hydrogens is 2190 g/mol. The predicted molar refractivity (Wildman–Crippen MR) is 642 cm³/mol. The topological polar surface area (TPSA) is 95.2 Å². The van der Waals surface area contributed by atoms with Crippen LogP contribution in [0.5, 0.6) is 0 Å². The number of unbranched alkanes of at least 4 members (excludes halogenated alkanes) is 8. The second-order valence-corrected chi connectivity index (χ2v) is 69.0. The number of benzene rings is 3. The molecule has 0 radical (unpaired) electrons. The molecule has 11 aliphatic rings. The van der Waals surface area contributed by atoms with E-state index in [0.29, 0.717) is 25.7 Å². The molecule has 3 aromatic rings. The van der Waals surface area contributed by atoms with Gasteiger partial charge in [0.25, 0.3) is 0 Å². The maximum Gasteiger partial charge on any atom is 0.0717 e. The van der Waals surface area contributed by atoms with Crippen molar-refractivity contribution < 1.29 is 0 Å². The molecule has 686 valence electrons. The van der Waals surface area contributed by atoms with Crippen molar-refractivity contribution in [2.45, 2.75) is 219 Å². The summed E-state index contributed by atoms with van der Waals surface area (Å²) in [7, 11) is 0. The van der Waals surface area contributed by atoms with Gasteiger partial charge in [-0.05, 0) is 153 Å². The fourth-order valence-corrected chi connectivity index (χ4v) is 62.2. The third kappa shape index (κ3) is 30.7. The number of thioether (sulfide) groups is 32. The van der Waals surface area contributed by atoms with Crippen molar-refractivity contribution in [2.75, 3.05) is 69.0 Å². The summed E-state index contributed by atoms with van der Waals surface area (Å²) in [4.78, 5) is 0. The van der Waals surface area contributed by atoms with Crippen molar-refractivity contribution in [2.24, 2.45) is 0 Å². The number of rotatable bonds is 56. The van der Waals surface area contributed by atoms with Crippen LogP contribution in [0.2, 0.25) is 0 Å². The molecule has 0 aromatic heterocycles. The lowest BCUT2D eigenvalue weighted by Crippen LogP contribution is -2.31. The van der Waals surface area contributed by atoms with E-state index < -0.39 is 0 Å². The van der Waals surface area contributed by atoms with Gasteiger partial charge in [0.2, 0.25) is 0 Å². The number of hydrogen-bond acceptors (Lipinski definition) is 36. The summed E-state index contributed by atoms with van der Waals surface area (Å²) in [6.45, 7) is 18.4. The van der Waals surface area contributed by atoms with Gasteiger partial charge in [0.15, 0.2) is 0 Å². The summed E-state index contributed by atoms with van der Waals surface area (Å²) in [6.07, 6.45) is 21.4. The van der Waals surface area contributed by atoms with Gasteiger partial charge in [0.05, 0.1) is 126 Å². The third-order valence-electron chi connectivity index (χ3n) is 19.7. The Labute approximate surface area is 902 Å². The predicted octanol–water partition coefficient (Wildman–Crippen LogP) is 41.8. The van der Waals surface area contributed by atoms with Crippen molar-refractivity contribution in [1.82, 2.24) is 0 Å².